The third-order valence-corrected chi connectivity index (χ3v) is 6.68. The minimum Gasteiger partial charge on any atom is -0.492 e. The molecule has 1 aromatic carbocycles. The summed E-state index contributed by atoms with van der Waals surface area (Å²) in [4.78, 5) is 27.0. The topological polar surface area (TPSA) is 70.7 Å². The first kappa shape index (κ1) is 19.5. The lowest BCUT2D eigenvalue weighted by Gasteiger charge is -2.32. The molecule has 28 heavy (non-hydrogen) atoms. The molecule has 0 bridgehead atoms. The molecule has 3 heterocycles. The fourth-order valence-corrected chi connectivity index (χ4v) is 5.40. The number of halogens is 1. The molecule has 2 fully saturated rings. The fraction of sp³-hybridized carbons (Fsp3) is 0.619. The van der Waals surface area contributed by atoms with Crippen molar-refractivity contribution in [2.45, 2.75) is 57.4 Å². The predicted octanol–water partition coefficient (Wildman–Crippen LogP) is 3.37. The molecule has 4 rings (SSSR count). The second kappa shape index (κ2) is 7.91. The van der Waals surface area contributed by atoms with E-state index in [1.54, 1.807) is 6.07 Å². The van der Waals surface area contributed by atoms with Gasteiger partial charge in [-0.2, -0.15) is 0 Å². The van der Waals surface area contributed by atoms with E-state index < -0.39 is 0 Å². The Bertz CT molecular complexity index is 786. The highest BCUT2D eigenvalue weighted by molar-refractivity contribution is 6.34. The molecular formula is C21H28ClN3O3. The van der Waals surface area contributed by atoms with Crippen molar-refractivity contribution in [2.75, 3.05) is 31.6 Å². The molecule has 1 aromatic rings. The molecule has 0 spiro atoms. The van der Waals surface area contributed by atoms with Gasteiger partial charge < -0.3 is 15.4 Å². The maximum atomic E-state index is 12.9. The van der Waals surface area contributed by atoms with Crippen LogP contribution in [0, 0.1) is 0 Å². The maximum absolute atomic E-state index is 12.9. The number of benzene rings is 1. The zero-order valence-corrected chi connectivity index (χ0v) is 17.2. The number of rotatable bonds is 5. The lowest BCUT2D eigenvalue weighted by Crippen LogP contribution is -2.41. The van der Waals surface area contributed by atoms with Gasteiger partial charge in [0, 0.05) is 24.6 Å². The van der Waals surface area contributed by atoms with Crippen LogP contribution in [0.1, 0.15) is 61.4 Å². The van der Waals surface area contributed by atoms with Crippen LogP contribution >= 0.6 is 11.6 Å². The van der Waals surface area contributed by atoms with Gasteiger partial charge in [0.05, 0.1) is 22.9 Å². The van der Waals surface area contributed by atoms with Gasteiger partial charge in [-0.1, -0.05) is 11.6 Å². The minimum absolute atomic E-state index is 0.159. The number of carbonyl (C=O) groups is 2. The molecule has 0 radical (unpaired) electrons. The van der Waals surface area contributed by atoms with Gasteiger partial charge in [0.15, 0.2) is 0 Å². The highest BCUT2D eigenvalue weighted by Crippen LogP contribution is 2.42. The van der Waals surface area contributed by atoms with Gasteiger partial charge in [-0.25, -0.2) is 0 Å². The number of carbonyl (C=O) groups excluding carboxylic acids is 2. The largest absolute Gasteiger partial charge is 0.492 e. The van der Waals surface area contributed by atoms with Crippen molar-refractivity contribution in [1.29, 1.82) is 0 Å². The zero-order valence-electron chi connectivity index (χ0n) is 16.4. The number of nitrogens with zero attached hydrogens (tertiary/aromatic N) is 1. The van der Waals surface area contributed by atoms with Gasteiger partial charge in [-0.15, -0.1) is 0 Å². The molecule has 2 N–H and O–H groups in total. The van der Waals surface area contributed by atoms with E-state index in [0.29, 0.717) is 35.2 Å². The smallest absolute Gasteiger partial charge is 0.255 e. The molecule has 2 amide bonds. The van der Waals surface area contributed by atoms with Gasteiger partial charge in [0.25, 0.3) is 5.91 Å². The highest BCUT2D eigenvalue weighted by Gasteiger charge is 2.43. The Morgan fingerprint density at radius 1 is 1.25 bits per heavy atom. The quantitative estimate of drug-likeness (QED) is 0.787. The normalized spacial score (nSPS) is 20.2. The molecular weight excluding hydrogens is 378 g/mol. The molecule has 0 unspecified atom stereocenters. The Morgan fingerprint density at radius 3 is 2.71 bits per heavy atom. The molecule has 6 nitrogen and oxygen atoms in total. The van der Waals surface area contributed by atoms with Crippen LogP contribution in [0.5, 0.6) is 5.75 Å². The fourth-order valence-electron chi connectivity index (χ4n) is 5.13. The second-order valence-corrected chi connectivity index (χ2v) is 8.55. The first-order valence-electron chi connectivity index (χ1n) is 10.3. The molecule has 0 saturated carbocycles. The van der Waals surface area contributed by atoms with Gasteiger partial charge in [0.2, 0.25) is 5.91 Å². The number of amides is 2. The zero-order chi connectivity index (χ0) is 19.7. The predicted molar refractivity (Wildman–Crippen MR) is 109 cm³/mol. The van der Waals surface area contributed by atoms with E-state index in [2.05, 4.69) is 15.5 Å². The van der Waals surface area contributed by atoms with E-state index >= 15 is 0 Å². The van der Waals surface area contributed by atoms with Gasteiger partial charge in [0.1, 0.15) is 5.75 Å². The summed E-state index contributed by atoms with van der Waals surface area (Å²) in [6, 6.07) is 1.61. The summed E-state index contributed by atoms with van der Waals surface area (Å²) in [6.45, 7) is 5.04. The molecule has 7 heteroatoms. The van der Waals surface area contributed by atoms with E-state index in [1.165, 1.54) is 45.7 Å². The van der Waals surface area contributed by atoms with Crippen molar-refractivity contribution in [3.63, 3.8) is 0 Å². The van der Waals surface area contributed by atoms with Crippen LogP contribution in [0.2, 0.25) is 5.02 Å². The van der Waals surface area contributed by atoms with Crippen molar-refractivity contribution in [3.8, 4) is 5.75 Å². The number of anilines is 1. The lowest BCUT2D eigenvalue weighted by molar-refractivity contribution is -0.114. The summed E-state index contributed by atoms with van der Waals surface area (Å²) >= 11 is 6.41. The van der Waals surface area contributed by atoms with Crippen LogP contribution in [-0.2, 0) is 11.2 Å². The van der Waals surface area contributed by atoms with Crippen molar-refractivity contribution < 1.29 is 14.3 Å². The van der Waals surface area contributed by atoms with Crippen LogP contribution in [-0.4, -0.2) is 48.5 Å². The van der Waals surface area contributed by atoms with Gasteiger partial charge in [-0.05, 0) is 64.1 Å². The van der Waals surface area contributed by atoms with Crippen molar-refractivity contribution in [3.05, 3.63) is 22.2 Å². The Balaban J connectivity index is 1.49. The summed E-state index contributed by atoms with van der Waals surface area (Å²) in [5.41, 5.74) is 2.12. The molecule has 152 valence electrons. The molecule has 3 aliphatic heterocycles. The van der Waals surface area contributed by atoms with E-state index in [0.717, 1.165) is 24.8 Å². The monoisotopic (exact) mass is 405 g/mol. The van der Waals surface area contributed by atoms with E-state index in [1.807, 2.05) is 0 Å². The number of hydrogen-bond donors (Lipinski definition) is 2. The van der Waals surface area contributed by atoms with Gasteiger partial charge in [-0.3, -0.25) is 14.5 Å². The first-order valence-corrected chi connectivity index (χ1v) is 10.7. The molecule has 2 saturated heterocycles. The average molecular weight is 406 g/mol. The third-order valence-electron chi connectivity index (χ3n) is 6.38. The van der Waals surface area contributed by atoms with Crippen LogP contribution in [0.4, 0.5) is 5.69 Å². The Morgan fingerprint density at radius 2 is 2.00 bits per heavy atom. The van der Waals surface area contributed by atoms with Crippen LogP contribution in [0.25, 0.3) is 0 Å². The summed E-state index contributed by atoms with van der Waals surface area (Å²) in [5, 5.41) is 6.24. The Labute approximate surface area is 170 Å². The maximum Gasteiger partial charge on any atom is 0.255 e. The average Bonchev–Trinajstić information content (AvgIpc) is 3.23. The standard InChI is InChI=1S/C21H28ClN3O3/c1-14(26)24-18-15-5-2-12-28-19(15)16(13-17(18)22)20(27)23-9-8-21-6-3-10-25(21)11-4-7-21/h13H,2-12H2,1H3,(H,23,27)(H,24,26). The van der Waals surface area contributed by atoms with E-state index in [4.69, 9.17) is 16.3 Å². The SMILES string of the molecule is CC(=O)Nc1c(Cl)cc(C(=O)NCCC23CCCN2CCC3)c2c1CCCO2. The van der Waals surface area contributed by atoms with Crippen LogP contribution in [0.15, 0.2) is 6.07 Å². The summed E-state index contributed by atoms with van der Waals surface area (Å²) in [6.07, 6.45) is 7.53. The number of hydrogen-bond acceptors (Lipinski definition) is 4. The van der Waals surface area contributed by atoms with Crippen molar-refractivity contribution in [2.24, 2.45) is 0 Å². The molecule has 3 aliphatic rings. The number of ether oxygens (including phenoxy) is 1. The lowest BCUT2D eigenvalue weighted by atomic mass is 9.90. The van der Waals surface area contributed by atoms with Crippen molar-refractivity contribution >= 4 is 29.1 Å². The van der Waals surface area contributed by atoms with E-state index in [-0.39, 0.29) is 17.4 Å². The first-order chi connectivity index (χ1) is 13.5. The summed E-state index contributed by atoms with van der Waals surface area (Å²) in [7, 11) is 0. The second-order valence-electron chi connectivity index (χ2n) is 8.15. The third kappa shape index (κ3) is 3.60. The Kier molecular flexibility index (Phi) is 5.52. The highest BCUT2D eigenvalue weighted by atomic mass is 35.5. The Hall–Kier alpha value is -1.79. The summed E-state index contributed by atoms with van der Waals surface area (Å²) in [5.74, 6) is 0.204. The van der Waals surface area contributed by atoms with E-state index in [9.17, 15) is 9.59 Å². The molecule has 0 aromatic heterocycles. The van der Waals surface area contributed by atoms with Crippen molar-refractivity contribution in [1.82, 2.24) is 10.2 Å². The van der Waals surface area contributed by atoms with Crippen LogP contribution < -0.4 is 15.4 Å². The molecule has 0 atom stereocenters. The van der Waals surface area contributed by atoms with Gasteiger partial charge >= 0.3 is 0 Å². The summed E-state index contributed by atoms with van der Waals surface area (Å²) < 4.78 is 5.82. The number of fused-ring (bicyclic) bond motifs is 2. The molecule has 0 aliphatic carbocycles. The minimum atomic E-state index is -0.191. The number of nitrogens with one attached hydrogen (secondary N) is 2. The van der Waals surface area contributed by atoms with Crippen LogP contribution in [0.3, 0.4) is 0 Å².